The molecule has 166 valence electrons. The number of ketones is 1. The van der Waals surface area contributed by atoms with Crippen LogP contribution in [0.15, 0.2) is 40.6 Å². The number of nitrogens with zero attached hydrogens (tertiary/aromatic N) is 3. The fraction of sp³-hybridized carbons (Fsp3) is 0.300. The molecule has 31 heavy (non-hydrogen) atoms. The minimum Gasteiger partial charge on any atom is -0.493 e. The second-order valence-corrected chi connectivity index (χ2v) is 6.82. The lowest BCUT2D eigenvalue weighted by atomic mass is 10.2. The highest BCUT2D eigenvalue weighted by atomic mass is 35.5. The Labute approximate surface area is 189 Å². The van der Waals surface area contributed by atoms with Crippen LogP contribution in [-0.4, -0.2) is 46.2 Å². The molecule has 0 aliphatic heterocycles. The average molecular weight is 470 g/mol. The zero-order valence-corrected chi connectivity index (χ0v) is 19.0. The number of halogens is 2. The predicted octanol–water partition coefficient (Wildman–Crippen LogP) is 4.60. The van der Waals surface area contributed by atoms with Crippen molar-refractivity contribution in [3.05, 3.63) is 35.4 Å². The van der Waals surface area contributed by atoms with Crippen LogP contribution in [-0.2, 0) is 9.59 Å². The Morgan fingerprint density at radius 1 is 0.935 bits per heavy atom. The molecule has 0 aliphatic carbocycles. The lowest BCUT2D eigenvalue weighted by Gasteiger charge is -2.18. The van der Waals surface area contributed by atoms with E-state index in [0.717, 1.165) is 4.42 Å². The van der Waals surface area contributed by atoms with Crippen molar-refractivity contribution in [2.75, 3.05) is 32.9 Å². The van der Waals surface area contributed by atoms with Crippen molar-refractivity contribution in [1.29, 1.82) is 0 Å². The Hall–Kier alpha value is -3.04. The molecule has 0 aliphatic rings. The molecule has 1 atom stereocenters. The van der Waals surface area contributed by atoms with Crippen LogP contribution in [0.3, 0.4) is 0 Å². The number of rotatable bonds is 9. The number of benzene rings is 2. The first-order valence-corrected chi connectivity index (χ1v) is 9.53. The number of azo groups is 1. The second-order valence-electron chi connectivity index (χ2n) is 6.05. The van der Waals surface area contributed by atoms with E-state index in [9.17, 15) is 9.59 Å². The molecule has 1 amide bonds. The Morgan fingerprint density at radius 3 is 2.13 bits per heavy atom. The Morgan fingerprint density at radius 2 is 1.58 bits per heavy atom. The molecule has 2 rings (SSSR count). The Bertz CT molecular complexity index is 999. The van der Waals surface area contributed by atoms with Crippen molar-refractivity contribution in [3.8, 4) is 23.0 Å². The molecule has 2 aromatic rings. The summed E-state index contributed by atoms with van der Waals surface area (Å²) >= 11 is 12.3. The van der Waals surface area contributed by atoms with E-state index >= 15 is 0 Å². The predicted molar refractivity (Wildman–Crippen MR) is 116 cm³/mol. The maximum atomic E-state index is 12.9. The molecule has 0 saturated heterocycles. The number of hydrogen-bond donors (Lipinski definition) is 0. The van der Waals surface area contributed by atoms with Gasteiger partial charge >= 0.3 is 0 Å². The van der Waals surface area contributed by atoms with Crippen LogP contribution in [0.2, 0.25) is 5.02 Å². The maximum Gasteiger partial charge on any atom is 0.276 e. The summed E-state index contributed by atoms with van der Waals surface area (Å²) in [5.41, 5.74) is 0.436. The van der Waals surface area contributed by atoms with E-state index < -0.39 is 17.7 Å². The van der Waals surface area contributed by atoms with Crippen molar-refractivity contribution >= 4 is 46.4 Å². The standard InChI is InChI=1S/C20H21Cl2N3O6/c1-11(26)18(24-23-14-8-12(21)9-17(30-4)19(14)31-5)20(27)25(22)13-6-7-15(28-2)16(10-13)29-3/h6-10,18H,1-5H3. The maximum absolute atomic E-state index is 12.9. The van der Waals surface area contributed by atoms with Gasteiger partial charge in [0.1, 0.15) is 5.69 Å². The molecule has 0 saturated carbocycles. The van der Waals surface area contributed by atoms with E-state index in [-0.39, 0.29) is 17.1 Å². The smallest absolute Gasteiger partial charge is 0.276 e. The molecule has 0 radical (unpaired) electrons. The number of amides is 1. The summed E-state index contributed by atoms with van der Waals surface area (Å²) in [6.45, 7) is 1.21. The second kappa shape index (κ2) is 10.8. The largest absolute Gasteiger partial charge is 0.493 e. The highest BCUT2D eigenvalue weighted by Crippen LogP contribution is 2.40. The first-order chi connectivity index (χ1) is 14.8. The van der Waals surface area contributed by atoms with Gasteiger partial charge in [-0.3, -0.25) is 9.59 Å². The topological polar surface area (TPSA) is 99.0 Å². The number of ether oxygens (including phenoxy) is 4. The van der Waals surface area contributed by atoms with Gasteiger partial charge < -0.3 is 18.9 Å². The van der Waals surface area contributed by atoms with Crippen LogP contribution < -0.4 is 23.4 Å². The average Bonchev–Trinajstić information content (AvgIpc) is 2.77. The lowest BCUT2D eigenvalue weighted by molar-refractivity contribution is -0.126. The Balaban J connectivity index is 2.38. The van der Waals surface area contributed by atoms with E-state index in [1.807, 2.05) is 0 Å². The van der Waals surface area contributed by atoms with Gasteiger partial charge in [0.25, 0.3) is 5.91 Å². The van der Waals surface area contributed by atoms with E-state index in [2.05, 4.69) is 10.2 Å². The molecular formula is C20H21Cl2N3O6. The molecule has 9 nitrogen and oxygen atoms in total. The fourth-order valence-corrected chi connectivity index (χ4v) is 2.99. The van der Waals surface area contributed by atoms with Gasteiger partial charge in [0.05, 0.1) is 34.1 Å². The summed E-state index contributed by atoms with van der Waals surface area (Å²) in [6, 6.07) is 6.09. The zero-order valence-electron chi connectivity index (χ0n) is 17.5. The monoisotopic (exact) mass is 469 g/mol. The molecule has 0 aromatic heterocycles. The van der Waals surface area contributed by atoms with E-state index in [4.69, 9.17) is 42.3 Å². The van der Waals surface area contributed by atoms with Crippen LogP contribution in [0.5, 0.6) is 23.0 Å². The molecular weight excluding hydrogens is 449 g/mol. The lowest BCUT2D eigenvalue weighted by Crippen LogP contribution is -2.36. The molecule has 1 unspecified atom stereocenters. The third kappa shape index (κ3) is 5.56. The molecule has 2 aromatic carbocycles. The van der Waals surface area contributed by atoms with Crippen LogP contribution >= 0.6 is 23.4 Å². The summed E-state index contributed by atoms with van der Waals surface area (Å²) < 4.78 is 21.6. The summed E-state index contributed by atoms with van der Waals surface area (Å²) in [5.74, 6) is 0.00156. The minimum atomic E-state index is -1.50. The number of carbonyl (C=O) groups excluding carboxylic acids is 2. The van der Waals surface area contributed by atoms with Gasteiger partial charge in [0.2, 0.25) is 6.04 Å². The van der Waals surface area contributed by atoms with Crippen molar-refractivity contribution in [3.63, 3.8) is 0 Å². The SMILES string of the molecule is COc1ccc(N(Cl)C(=O)C(N=Nc2cc(Cl)cc(OC)c2OC)C(C)=O)cc1OC. The first kappa shape index (κ1) is 24.2. The van der Waals surface area contributed by atoms with Crippen molar-refractivity contribution in [1.82, 2.24) is 0 Å². The number of hydrogen-bond acceptors (Lipinski definition) is 8. The van der Waals surface area contributed by atoms with Crippen molar-refractivity contribution in [2.24, 2.45) is 10.2 Å². The highest BCUT2D eigenvalue weighted by Gasteiger charge is 2.29. The molecule has 0 N–H and O–H groups in total. The van der Waals surface area contributed by atoms with Crippen molar-refractivity contribution in [2.45, 2.75) is 13.0 Å². The third-order valence-electron chi connectivity index (χ3n) is 4.11. The minimum absolute atomic E-state index is 0.179. The van der Waals surface area contributed by atoms with E-state index in [0.29, 0.717) is 22.3 Å². The normalized spacial score (nSPS) is 11.7. The fourth-order valence-electron chi connectivity index (χ4n) is 2.59. The van der Waals surface area contributed by atoms with Gasteiger partial charge in [0.15, 0.2) is 28.8 Å². The van der Waals surface area contributed by atoms with Gasteiger partial charge in [-0.25, -0.2) is 4.42 Å². The van der Waals surface area contributed by atoms with Gasteiger partial charge in [-0.05, 0) is 25.1 Å². The third-order valence-corrected chi connectivity index (χ3v) is 4.69. The Kier molecular flexibility index (Phi) is 8.47. The van der Waals surface area contributed by atoms with Crippen molar-refractivity contribution < 1.29 is 28.5 Å². The first-order valence-electron chi connectivity index (χ1n) is 8.81. The molecule has 0 bridgehead atoms. The summed E-state index contributed by atoms with van der Waals surface area (Å²) in [4.78, 5) is 25.0. The van der Waals surface area contributed by atoms with Crippen LogP contribution in [0.4, 0.5) is 11.4 Å². The highest BCUT2D eigenvalue weighted by molar-refractivity contribution is 6.39. The molecule has 0 heterocycles. The van der Waals surface area contributed by atoms with Crippen LogP contribution in [0.25, 0.3) is 0 Å². The van der Waals surface area contributed by atoms with Crippen LogP contribution in [0, 0.1) is 0 Å². The van der Waals surface area contributed by atoms with Gasteiger partial charge in [-0.1, -0.05) is 11.6 Å². The van der Waals surface area contributed by atoms with Crippen LogP contribution in [0.1, 0.15) is 6.92 Å². The van der Waals surface area contributed by atoms with Gasteiger partial charge in [-0.15, -0.1) is 0 Å². The summed E-state index contributed by atoms with van der Waals surface area (Å²) in [7, 11) is 5.77. The quantitative estimate of drug-likeness (QED) is 0.302. The summed E-state index contributed by atoms with van der Waals surface area (Å²) in [5, 5.41) is 8.19. The van der Waals surface area contributed by atoms with Gasteiger partial charge in [0, 0.05) is 28.9 Å². The number of methoxy groups -OCH3 is 4. The summed E-state index contributed by atoms with van der Waals surface area (Å²) in [6.07, 6.45) is 0. The zero-order chi connectivity index (χ0) is 23.1. The van der Waals surface area contributed by atoms with E-state index in [1.165, 1.54) is 59.6 Å². The molecule has 11 heteroatoms. The van der Waals surface area contributed by atoms with Gasteiger partial charge in [-0.2, -0.15) is 10.2 Å². The number of carbonyl (C=O) groups is 2. The number of anilines is 1. The molecule has 0 spiro atoms. The van der Waals surface area contributed by atoms with E-state index in [1.54, 1.807) is 6.07 Å². The molecule has 0 fully saturated rings. The number of Topliss-reactive ketones (excluding diaryl/α,β-unsaturated/α-hetero) is 1.